The van der Waals surface area contributed by atoms with Crippen LogP contribution in [0.4, 0.5) is 0 Å². The quantitative estimate of drug-likeness (QED) is 0.362. The van der Waals surface area contributed by atoms with Crippen LogP contribution in [0.5, 0.6) is 0 Å². The first-order chi connectivity index (χ1) is 5.54. The SMILES string of the molecule is O=C(O)C1(CI)CCC1[N+](=O)[O-]. The van der Waals surface area contributed by atoms with Crippen molar-refractivity contribution >= 4 is 28.6 Å². The van der Waals surface area contributed by atoms with Crippen molar-refractivity contribution in [3.8, 4) is 0 Å². The smallest absolute Gasteiger partial charge is 0.317 e. The van der Waals surface area contributed by atoms with Gasteiger partial charge >= 0.3 is 5.97 Å². The first kappa shape index (κ1) is 9.69. The van der Waals surface area contributed by atoms with Gasteiger partial charge in [0.1, 0.15) is 5.41 Å². The molecule has 0 bridgehead atoms. The van der Waals surface area contributed by atoms with Gasteiger partial charge in [0.25, 0.3) is 0 Å². The Morgan fingerprint density at radius 2 is 2.42 bits per heavy atom. The van der Waals surface area contributed by atoms with Gasteiger partial charge < -0.3 is 5.11 Å². The Bertz CT molecular complexity index is 228. The number of hydrogen-bond donors (Lipinski definition) is 1. The summed E-state index contributed by atoms with van der Waals surface area (Å²) in [4.78, 5) is 20.7. The van der Waals surface area contributed by atoms with E-state index in [1.165, 1.54) is 0 Å². The summed E-state index contributed by atoms with van der Waals surface area (Å²) in [6.07, 6.45) is 0.819. The summed E-state index contributed by atoms with van der Waals surface area (Å²) >= 11 is 1.90. The molecule has 5 nitrogen and oxygen atoms in total. The summed E-state index contributed by atoms with van der Waals surface area (Å²) in [5.74, 6) is -1.04. The average molecular weight is 285 g/mol. The maximum atomic E-state index is 10.7. The zero-order valence-electron chi connectivity index (χ0n) is 6.20. The van der Waals surface area contributed by atoms with Gasteiger partial charge in [0, 0.05) is 15.8 Å². The number of nitrogens with zero attached hydrogens (tertiary/aromatic N) is 1. The zero-order chi connectivity index (χ0) is 9.35. The number of carboxylic acids is 1. The molecule has 0 aromatic heterocycles. The normalized spacial score (nSPS) is 33.9. The predicted octanol–water partition coefficient (Wildman–Crippen LogP) is 0.932. The highest BCUT2D eigenvalue weighted by Crippen LogP contribution is 2.44. The van der Waals surface area contributed by atoms with Crippen molar-refractivity contribution in [2.24, 2.45) is 5.41 Å². The third kappa shape index (κ3) is 1.17. The first-order valence-electron chi connectivity index (χ1n) is 3.47. The number of carbonyl (C=O) groups is 1. The van der Waals surface area contributed by atoms with E-state index in [-0.39, 0.29) is 0 Å². The molecule has 1 rings (SSSR count). The third-order valence-electron chi connectivity index (χ3n) is 2.42. The van der Waals surface area contributed by atoms with Crippen LogP contribution in [0.25, 0.3) is 0 Å². The summed E-state index contributed by atoms with van der Waals surface area (Å²) in [5.41, 5.74) is -1.09. The maximum Gasteiger partial charge on any atom is 0.317 e. The molecule has 2 atom stereocenters. The average Bonchev–Trinajstić information content (AvgIpc) is 1.84. The van der Waals surface area contributed by atoms with E-state index in [1.807, 2.05) is 22.6 Å². The van der Waals surface area contributed by atoms with Gasteiger partial charge in [0.05, 0.1) is 0 Å². The number of alkyl halides is 1. The molecule has 0 aliphatic heterocycles. The molecule has 68 valence electrons. The molecule has 0 saturated heterocycles. The van der Waals surface area contributed by atoms with E-state index in [0.717, 1.165) is 0 Å². The monoisotopic (exact) mass is 285 g/mol. The lowest BCUT2D eigenvalue weighted by Crippen LogP contribution is -2.55. The summed E-state index contributed by atoms with van der Waals surface area (Å²) in [6.45, 7) is 0. The highest BCUT2D eigenvalue weighted by molar-refractivity contribution is 14.1. The molecule has 12 heavy (non-hydrogen) atoms. The minimum atomic E-state index is -1.09. The van der Waals surface area contributed by atoms with Crippen LogP contribution in [0, 0.1) is 15.5 Å². The molecule has 1 saturated carbocycles. The van der Waals surface area contributed by atoms with Crippen LogP contribution in [-0.4, -0.2) is 26.5 Å². The molecule has 0 aromatic carbocycles. The van der Waals surface area contributed by atoms with Crippen molar-refractivity contribution in [1.82, 2.24) is 0 Å². The molecule has 1 N–H and O–H groups in total. The molecule has 0 spiro atoms. The Labute approximate surface area is 82.4 Å². The fourth-order valence-electron chi connectivity index (χ4n) is 1.39. The van der Waals surface area contributed by atoms with E-state index in [4.69, 9.17) is 5.11 Å². The summed E-state index contributed by atoms with van der Waals surface area (Å²) in [6, 6.07) is -0.883. The van der Waals surface area contributed by atoms with Crippen LogP contribution in [0.2, 0.25) is 0 Å². The number of halogens is 1. The van der Waals surface area contributed by atoms with Gasteiger partial charge in [-0.1, -0.05) is 22.6 Å². The number of carboxylic acid groups (broad SMARTS) is 1. The Balaban J connectivity index is 2.82. The fourth-order valence-corrected chi connectivity index (χ4v) is 2.61. The standard InChI is InChI=1S/C6H8INO4/c7-3-6(5(9)10)2-1-4(6)8(11)12/h4H,1-3H2,(H,9,10). The van der Waals surface area contributed by atoms with Crippen molar-refractivity contribution in [2.75, 3.05) is 4.43 Å². The number of rotatable bonds is 3. The molecule has 0 radical (unpaired) electrons. The molecule has 1 aliphatic rings. The maximum absolute atomic E-state index is 10.7. The van der Waals surface area contributed by atoms with Gasteiger partial charge in [-0.05, 0) is 6.42 Å². The summed E-state index contributed by atoms with van der Waals surface area (Å²) < 4.78 is 0.311. The lowest BCUT2D eigenvalue weighted by atomic mass is 9.66. The Hall–Kier alpha value is -0.400. The van der Waals surface area contributed by atoms with E-state index < -0.39 is 22.3 Å². The summed E-state index contributed by atoms with van der Waals surface area (Å²) in [5, 5.41) is 19.2. The molecule has 0 aromatic rings. The Kier molecular flexibility index (Phi) is 2.55. The van der Waals surface area contributed by atoms with Crippen molar-refractivity contribution in [1.29, 1.82) is 0 Å². The minimum absolute atomic E-state index is 0.311. The van der Waals surface area contributed by atoms with Crippen LogP contribution in [0.1, 0.15) is 12.8 Å². The molecule has 1 fully saturated rings. The number of aliphatic carboxylic acids is 1. The second kappa shape index (κ2) is 3.15. The van der Waals surface area contributed by atoms with Crippen LogP contribution in [-0.2, 0) is 4.79 Å². The topological polar surface area (TPSA) is 80.4 Å². The molecular weight excluding hydrogens is 277 g/mol. The van der Waals surface area contributed by atoms with Gasteiger partial charge in [0.15, 0.2) is 0 Å². The second-order valence-electron chi connectivity index (χ2n) is 2.93. The molecule has 1 aliphatic carbocycles. The van der Waals surface area contributed by atoms with Gasteiger partial charge in [-0.15, -0.1) is 0 Å². The van der Waals surface area contributed by atoms with Crippen LogP contribution < -0.4 is 0 Å². The van der Waals surface area contributed by atoms with E-state index in [9.17, 15) is 14.9 Å². The van der Waals surface area contributed by atoms with Gasteiger partial charge in [0.2, 0.25) is 6.04 Å². The molecule has 0 heterocycles. The zero-order valence-corrected chi connectivity index (χ0v) is 8.35. The van der Waals surface area contributed by atoms with Gasteiger partial charge in [-0.3, -0.25) is 14.9 Å². The van der Waals surface area contributed by atoms with Crippen LogP contribution in [0.3, 0.4) is 0 Å². The molecule has 2 unspecified atom stereocenters. The minimum Gasteiger partial charge on any atom is -0.481 e. The van der Waals surface area contributed by atoms with Crippen molar-refractivity contribution < 1.29 is 14.8 Å². The van der Waals surface area contributed by atoms with E-state index in [2.05, 4.69) is 0 Å². The highest BCUT2D eigenvalue weighted by atomic mass is 127. The second-order valence-corrected chi connectivity index (χ2v) is 3.70. The predicted molar refractivity (Wildman–Crippen MR) is 49.0 cm³/mol. The lowest BCUT2D eigenvalue weighted by Gasteiger charge is -2.38. The largest absolute Gasteiger partial charge is 0.481 e. The molecule has 0 amide bonds. The van der Waals surface area contributed by atoms with Gasteiger partial charge in [-0.25, -0.2) is 0 Å². The van der Waals surface area contributed by atoms with Gasteiger partial charge in [-0.2, -0.15) is 0 Å². The van der Waals surface area contributed by atoms with Crippen molar-refractivity contribution in [3.05, 3.63) is 10.1 Å². The molecular formula is C6H8INO4. The van der Waals surface area contributed by atoms with Crippen LogP contribution in [0.15, 0.2) is 0 Å². The Morgan fingerprint density at radius 1 is 1.83 bits per heavy atom. The summed E-state index contributed by atoms with van der Waals surface area (Å²) in [7, 11) is 0. The van der Waals surface area contributed by atoms with E-state index in [1.54, 1.807) is 0 Å². The third-order valence-corrected chi connectivity index (χ3v) is 3.78. The Morgan fingerprint density at radius 3 is 2.50 bits per heavy atom. The number of hydrogen-bond acceptors (Lipinski definition) is 3. The lowest BCUT2D eigenvalue weighted by molar-refractivity contribution is -0.554. The first-order valence-corrected chi connectivity index (χ1v) is 5.00. The number of nitro groups is 1. The van der Waals surface area contributed by atoms with E-state index >= 15 is 0 Å². The van der Waals surface area contributed by atoms with Crippen LogP contribution >= 0.6 is 22.6 Å². The van der Waals surface area contributed by atoms with Crippen molar-refractivity contribution in [2.45, 2.75) is 18.9 Å². The highest BCUT2D eigenvalue weighted by Gasteiger charge is 2.59. The fraction of sp³-hybridized carbons (Fsp3) is 0.833. The molecule has 6 heteroatoms. The van der Waals surface area contributed by atoms with E-state index in [0.29, 0.717) is 17.3 Å². The van der Waals surface area contributed by atoms with Crippen molar-refractivity contribution in [3.63, 3.8) is 0 Å².